The molecule has 2 rings (SSSR count). The maximum absolute atomic E-state index is 13.5. The second kappa shape index (κ2) is 7.36. The molecule has 1 heterocycles. The van der Waals surface area contributed by atoms with Gasteiger partial charge in [-0.05, 0) is 31.9 Å². The summed E-state index contributed by atoms with van der Waals surface area (Å²) in [5.41, 5.74) is 0.0681. The van der Waals surface area contributed by atoms with Crippen LogP contribution >= 0.6 is 0 Å². The summed E-state index contributed by atoms with van der Waals surface area (Å²) in [6, 6.07) is 3.86. The third-order valence-electron chi connectivity index (χ3n) is 3.48. The number of likely N-dealkylation sites (tertiary alicyclic amines) is 1. The zero-order valence-electron chi connectivity index (χ0n) is 12.1. The molecule has 1 fully saturated rings. The fourth-order valence-electron chi connectivity index (χ4n) is 2.40. The first-order valence-electron chi connectivity index (χ1n) is 7.26. The van der Waals surface area contributed by atoms with Gasteiger partial charge in [-0.15, -0.1) is 0 Å². The third-order valence-corrected chi connectivity index (χ3v) is 3.48. The molecule has 1 aliphatic heterocycles. The van der Waals surface area contributed by atoms with Gasteiger partial charge in [0.25, 0.3) is 0 Å². The van der Waals surface area contributed by atoms with Gasteiger partial charge in [0.2, 0.25) is 0 Å². The zero-order chi connectivity index (χ0) is 15.2. The quantitative estimate of drug-likeness (QED) is 0.655. The fraction of sp³-hybridized carbons (Fsp3) is 0.533. The van der Waals surface area contributed by atoms with Crippen LogP contribution in [0.4, 0.5) is 8.78 Å². The molecule has 0 aromatic heterocycles. The summed E-state index contributed by atoms with van der Waals surface area (Å²) in [6.07, 6.45) is 0.591. The molecule has 0 bridgehead atoms. The molecule has 0 radical (unpaired) electrons. The number of nitrogens with one attached hydrogen (secondary N) is 1. The molecule has 0 spiro atoms. The SMILES string of the molecule is CCNC(=NCCc1c(F)cccc1F)N1CC[C@@H](O)C1. The number of β-amino-alcohol motifs (C(OH)–C–C–N with tert-alkyl or cyclic N) is 1. The molecular formula is C15H21F2N3O. The summed E-state index contributed by atoms with van der Waals surface area (Å²) in [7, 11) is 0. The fourth-order valence-corrected chi connectivity index (χ4v) is 2.40. The van der Waals surface area contributed by atoms with Crippen molar-refractivity contribution in [2.45, 2.75) is 25.9 Å². The maximum Gasteiger partial charge on any atom is 0.194 e. The molecule has 1 aromatic rings. The van der Waals surface area contributed by atoms with Gasteiger partial charge >= 0.3 is 0 Å². The van der Waals surface area contributed by atoms with Crippen molar-refractivity contribution >= 4 is 5.96 Å². The highest BCUT2D eigenvalue weighted by molar-refractivity contribution is 5.80. The molecule has 4 nitrogen and oxygen atoms in total. The Morgan fingerprint density at radius 3 is 2.71 bits per heavy atom. The van der Waals surface area contributed by atoms with E-state index in [0.29, 0.717) is 32.0 Å². The lowest BCUT2D eigenvalue weighted by molar-refractivity contribution is 0.188. The lowest BCUT2D eigenvalue weighted by Gasteiger charge is -2.20. The second-order valence-corrected chi connectivity index (χ2v) is 5.07. The van der Waals surface area contributed by atoms with E-state index < -0.39 is 11.6 Å². The number of halogens is 2. The predicted molar refractivity (Wildman–Crippen MR) is 78.2 cm³/mol. The Bertz CT molecular complexity index is 487. The molecule has 116 valence electrons. The highest BCUT2D eigenvalue weighted by atomic mass is 19.1. The van der Waals surface area contributed by atoms with E-state index in [-0.39, 0.29) is 18.1 Å². The molecule has 0 aliphatic carbocycles. The Hall–Kier alpha value is -1.69. The highest BCUT2D eigenvalue weighted by Crippen LogP contribution is 2.13. The van der Waals surface area contributed by atoms with Crippen LogP contribution < -0.4 is 5.32 Å². The van der Waals surface area contributed by atoms with Crippen LogP contribution in [-0.4, -0.2) is 48.2 Å². The topological polar surface area (TPSA) is 47.9 Å². The van der Waals surface area contributed by atoms with Gasteiger partial charge in [0.05, 0.1) is 6.10 Å². The van der Waals surface area contributed by atoms with Crippen LogP contribution in [0.15, 0.2) is 23.2 Å². The molecule has 1 atom stereocenters. The largest absolute Gasteiger partial charge is 0.391 e. The van der Waals surface area contributed by atoms with Gasteiger partial charge in [0.1, 0.15) is 11.6 Å². The van der Waals surface area contributed by atoms with Crippen molar-refractivity contribution in [3.8, 4) is 0 Å². The molecular weight excluding hydrogens is 276 g/mol. The van der Waals surface area contributed by atoms with Gasteiger partial charge in [-0.1, -0.05) is 6.07 Å². The van der Waals surface area contributed by atoms with Crippen molar-refractivity contribution < 1.29 is 13.9 Å². The van der Waals surface area contributed by atoms with Crippen molar-refractivity contribution in [3.05, 3.63) is 35.4 Å². The Kier molecular flexibility index (Phi) is 5.50. The van der Waals surface area contributed by atoms with E-state index in [1.807, 2.05) is 11.8 Å². The van der Waals surface area contributed by atoms with Gasteiger partial charge in [-0.25, -0.2) is 8.78 Å². The molecule has 6 heteroatoms. The number of benzene rings is 1. The van der Waals surface area contributed by atoms with E-state index in [0.717, 1.165) is 6.54 Å². The first-order valence-corrected chi connectivity index (χ1v) is 7.26. The lowest BCUT2D eigenvalue weighted by Crippen LogP contribution is -2.40. The number of hydrogen-bond acceptors (Lipinski definition) is 2. The van der Waals surface area contributed by atoms with Crippen molar-refractivity contribution in [1.29, 1.82) is 0 Å². The average Bonchev–Trinajstić information content (AvgIpc) is 2.87. The predicted octanol–water partition coefficient (Wildman–Crippen LogP) is 1.54. The van der Waals surface area contributed by atoms with E-state index in [9.17, 15) is 13.9 Å². The molecule has 0 saturated carbocycles. The number of aliphatic hydroxyl groups excluding tert-OH is 1. The van der Waals surface area contributed by atoms with Crippen molar-refractivity contribution in [2.24, 2.45) is 4.99 Å². The Balaban J connectivity index is 2.00. The second-order valence-electron chi connectivity index (χ2n) is 5.07. The molecule has 1 saturated heterocycles. The number of nitrogens with zero attached hydrogens (tertiary/aromatic N) is 2. The van der Waals surface area contributed by atoms with Crippen molar-refractivity contribution in [1.82, 2.24) is 10.2 Å². The summed E-state index contributed by atoms with van der Waals surface area (Å²) >= 11 is 0. The van der Waals surface area contributed by atoms with E-state index in [1.54, 1.807) is 0 Å². The van der Waals surface area contributed by atoms with E-state index in [4.69, 9.17) is 0 Å². The molecule has 21 heavy (non-hydrogen) atoms. The summed E-state index contributed by atoms with van der Waals surface area (Å²) in [5.74, 6) is -0.385. The van der Waals surface area contributed by atoms with Crippen molar-refractivity contribution in [2.75, 3.05) is 26.2 Å². The van der Waals surface area contributed by atoms with Crippen LogP contribution in [0.25, 0.3) is 0 Å². The van der Waals surface area contributed by atoms with Crippen LogP contribution in [0.1, 0.15) is 18.9 Å². The number of hydrogen-bond donors (Lipinski definition) is 2. The average molecular weight is 297 g/mol. The molecule has 0 unspecified atom stereocenters. The van der Waals surface area contributed by atoms with Crippen LogP contribution in [0.3, 0.4) is 0 Å². The van der Waals surface area contributed by atoms with Crippen molar-refractivity contribution in [3.63, 3.8) is 0 Å². The maximum atomic E-state index is 13.5. The smallest absolute Gasteiger partial charge is 0.194 e. The van der Waals surface area contributed by atoms with E-state index in [1.165, 1.54) is 18.2 Å². The first kappa shape index (κ1) is 15.7. The minimum Gasteiger partial charge on any atom is -0.391 e. The van der Waals surface area contributed by atoms with E-state index >= 15 is 0 Å². The van der Waals surface area contributed by atoms with Gasteiger partial charge in [0, 0.05) is 31.7 Å². The van der Waals surface area contributed by atoms with Gasteiger partial charge in [-0.2, -0.15) is 0 Å². The minimum absolute atomic E-state index is 0.0681. The molecule has 1 aromatic carbocycles. The summed E-state index contributed by atoms with van der Waals surface area (Å²) in [4.78, 5) is 6.36. The normalized spacial score (nSPS) is 19.1. The molecule has 0 amide bonds. The van der Waals surface area contributed by atoms with Crippen LogP contribution in [0, 0.1) is 11.6 Å². The lowest BCUT2D eigenvalue weighted by atomic mass is 10.1. The van der Waals surface area contributed by atoms with E-state index in [2.05, 4.69) is 10.3 Å². The zero-order valence-corrected chi connectivity index (χ0v) is 12.1. The van der Waals surface area contributed by atoms with Gasteiger partial charge in [0.15, 0.2) is 5.96 Å². The number of rotatable bonds is 4. The van der Waals surface area contributed by atoms with Crippen LogP contribution in [0.2, 0.25) is 0 Å². The number of aliphatic hydroxyl groups is 1. The summed E-state index contributed by atoms with van der Waals surface area (Å²) in [6.45, 7) is 4.24. The minimum atomic E-state index is -0.535. The van der Waals surface area contributed by atoms with Crippen LogP contribution in [-0.2, 0) is 6.42 Å². The Labute approximate surface area is 123 Å². The summed E-state index contributed by atoms with van der Waals surface area (Å²) < 4.78 is 27.1. The number of aliphatic imine (C=N–C) groups is 1. The van der Waals surface area contributed by atoms with Gasteiger partial charge in [-0.3, -0.25) is 4.99 Å². The molecule has 1 aliphatic rings. The third kappa shape index (κ3) is 4.14. The van der Waals surface area contributed by atoms with Gasteiger partial charge < -0.3 is 15.3 Å². The number of guanidine groups is 1. The first-order chi connectivity index (χ1) is 10.1. The Morgan fingerprint density at radius 1 is 1.43 bits per heavy atom. The highest BCUT2D eigenvalue weighted by Gasteiger charge is 2.22. The monoisotopic (exact) mass is 297 g/mol. The molecule has 2 N–H and O–H groups in total. The standard InChI is InChI=1S/C15H21F2N3O/c1-2-18-15(20-9-7-11(21)10-20)19-8-6-12-13(16)4-3-5-14(12)17/h3-5,11,21H,2,6-10H2,1H3,(H,18,19)/t11-/m1/s1. The van der Waals surface area contributed by atoms with Crippen LogP contribution in [0.5, 0.6) is 0 Å². The summed E-state index contributed by atoms with van der Waals surface area (Å²) in [5, 5.41) is 12.7. The Morgan fingerprint density at radius 2 is 2.14 bits per heavy atom.